The van der Waals surface area contributed by atoms with Crippen molar-refractivity contribution < 1.29 is 4.74 Å². The molecule has 2 nitrogen and oxygen atoms in total. The van der Waals surface area contributed by atoms with Gasteiger partial charge in [-0.3, -0.25) is 5.32 Å². The molecule has 1 fully saturated rings. The summed E-state index contributed by atoms with van der Waals surface area (Å²) in [4.78, 5) is 0. The summed E-state index contributed by atoms with van der Waals surface area (Å²) in [6, 6.07) is 7.81. The maximum Gasteiger partial charge on any atom is 0.142 e. The molecule has 0 amide bonds. The Kier molecular flexibility index (Phi) is 2.99. The zero-order valence-corrected chi connectivity index (χ0v) is 10.8. The van der Waals surface area contributed by atoms with Gasteiger partial charge in [0.25, 0.3) is 0 Å². The largest absolute Gasteiger partial charge is 0.356 e. The van der Waals surface area contributed by atoms with Crippen molar-refractivity contribution in [2.75, 3.05) is 13.2 Å². The van der Waals surface area contributed by atoms with Crippen LogP contribution in [0.15, 0.2) is 24.3 Å². The fourth-order valence-corrected chi connectivity index (χ4v) is 1.93. The van der Waals surface area contributed by atoms with Crippen LogP contribution in [0.3, 0.4) is 0 Å². The molecule has 2 rings (SSSR count). The van der Waals surface area contributed by atoms with E-state index in [0.29, 0.717) is 0 Å². The topological polar surface area (TPSA) is 21.3 Å². The lowest BCUT2D eigenvalue weighted by Crippen LogP contribution is -2.53. The van der Waals surface area contributed by atoms with E-state index < -0.39 is 0 Å². The first-order valence-corrected chi connectivity index (χ1v) is 5.94. The molecule has 0 bridgehead atoms. The van der Waals surface area contributed by atoms with Gasteiger partial charge in [0.15, 0.2) is 0 Å². The first-order valence-electron chi connectivity index (χ1n) is 5.56. The molecule has 0 aliphatic carbocycles. The molecule has 16 heavy (non-hydrogen) atoms. The molecule has 0 radical (unpaired) electrons. The molecular weight excluding hydrogens is 222 g/mol. The lowest BCUT2D eigenvalue weighted by atomic mass is 9.90. The number of hydrogen-bond acceptors (Lipinski definition) is 2. The van der Waals surface area contributed by atoms with Crippen molar-refractivity contribution in [1.29, 1.82) is 0 Å². The van der Waals surface area contributed by atoms with Gasteiger partial charge in [0.2, 0.25) is 0 Å². The van der Waals surface area contributed by atoms with Gasteiger partial charge in [0.05, 0.1) is 6.61 Å². The van der Waals surface area contributed by atoms with Gasteiger partial charge in [-0.05, 0) is 24.6 Å². The van der Waals surface area contributed by atoms with Crippen molar-refractivity contribution in [2.45, 2.75) is 26.5 Å². The Labute approximate surface area is 102 Å². The van der Waals surface area contributed by atoms with E-state index in [1.807, 2.05) is 24.3 Å². The zero-order valence-electron chi connectivity index (χ0n) is 10.0. The van der Waals surface area contributed by atoms with Gasteiger partial charge >= 0.3 is 0 Å². The van der Waals surface area contributed by atoms with Crippen molar-refractivity contribution in [3.8, 4) is 0 Å². The Morgan fingerprint density at radius 2 is 1.81 bits per heavy atom. The van der Waals surface area contributed by atoms with E-state index in [-0.39, 0.29) is 11.1 Å². The molecule has 3 heteroatoms. The highest BCUT2D eigenvalue weighted by atomic mass is 35.5. The molecule has 1 N–H and O–H groups in total. The van der Waals surface area contributed by atoms with E-state index in [9.17, 15) is 0 Å². The van der Waals surface area contributed by atoms with Crippen molar-refractivity contribution in [3.63, 3.8) is 0 Å². The van der Waals surface area contributed by atoms with E-state index >= 15 is 0 Å². The summed E-state index contributed by atoms with van der Waals surface area (Å²) in [5.41, 5.74) is 0.930. The fourth-order valence-electron chi connectivity index (χ4n) is 1.80. The normalized spacial score (nSPS) is 29.0. The summed E-state index contributed by atoms with van der Waals surface area (Å²) < 4.78 is 5.95. The summed E-state index contributed by atoms with van der Waals surface area (Å²) in [5.74, 6) is 0. The molecule has 0 saturated carbocycles. The van der Waals surface area contributed by atoms with Gasteiger partial charge in [-0.1, -0.05) is 37.6 Å². The van der Waals surface area contributed by atoms with E-state index in [4.69, 9.17) is 16.3 Å². The number of hydrogen-bond donors (Lipinski definition) is 1. The fraction of sp³-hybridized carbons (Fsp3) is 0.538. The van der Waals surface area contributed by atoms with Crippen molar-refractivity contribution in [1.82, 2.24) is 5.32 Å². The highest BCUT2D eigenvalue weighted by Crippen LogP contribution is 2.31. The first kappa shape index (κ1) is 11.9. The Morgan fingerprint density at radius 1 is 1.19 bits per heavy atom. The highest BCUT2D eigenvalue weighted by Gasteiger charge is 2.36. The van der Waals surface area contributed by atoms with Gasteiger partial charge < -0.3 is 4.74 Å². The smallest absolute Gasteiger partial charge is 0.142 e. The molecule has 1 saturated heterocycles. The van der Waals surface area contributed by atoms with E-state index in [1.54, 1.807) is 0 Å². The second-order valence-electron chi connectivity index (χ2n) is 5.35. The van der Waals surface area contributed by atoms with Gasteiger partial charge in [-0.15, -0.1) is 0 Å². The third kappa shape index (κ3) is 2.40. The summed E-state index contributed by atoms with van der Waals surface area (Å²) >= 11 is 5.88. The van der Waals surface area contributed by atoms with Gasteiger partial charge in [0, 0.05) is 17.0 Å². The van der Waals surface area contributed by atoms with Gasteiger partial charge in [0.1, 0.15) is 5.72 Å². The first-order chi connectivity index (χ1) is 7.41. The van der Waals surface area contributed by atoms with Crippen LogP contribution in [0.25, 0.3) is 0 Å². The molecule has 1 atom stereocenters. The lowest BCUT2D eigenvalue weighted by Gasteiger charge is -2.42. The van der Waals surface area contributed by atoms with Crippen LogP contribution in [-0.4, -0.2) is 13.2 Å². The maximum atomic E-state index is 5.95. The van der Waals surface area contributed by atoms with Crippen LogP contribution in [-0.2, 0) is 10.5 Å². The summed E-state index contributed by atoms with van der Waals surface area (Å²) in [6.07, 6.45) is 0. The Bertz CT molecular complexity index is 362. The number of rotatable bonds is 1. The zero-order chi connectivity index (χ0) is 11.8. The second kappa shape index (κ2) is 4.02. The number of nitrogens with one attached hydrogen (secondary N) is 1. The predicted molar refractivity (Wildman–Crippen MR) is 66.5 cm³/mol. The molecule has 1 aromatic rings. The quantitative estimate of drug-likeness (QED) is 0.813. The lowest BCUT2D eigenvalue weighted by molar-refractivity contribution is -0.131. The Hall–Kier alpha value is -0.570. The van der Waals surface area contributed by atoms with Crippen molar-refractivity contribution >= 4 is 11.6 Å². The third-order valence-electron chi connectivity index (χ3n) is 3.05. The number of benzene rings is 1. The van der Waals surface area contributed by atoms with Crippen LogP contribution in [0.5, 0.6) is 0 Å². The van der Waals surface area contributed by atoms with Crippen LogP contribution >= 0.6 is 11.6 Å². The van der Waals surface area contributed by atoms with Crippen LogP contribution in [0.2, 0.25) is 5.02 Å². The van der Waals surface area contributed by atoms with Crippen LogP contribution in [0.1, 0.15) is 26.3 Å². The van der Waals surface area contributed by atoms with E-state index in [1.165, 1.54) is 0 Å². The monoisotopic (exact) mass is 239 g/mol. The molecule has 1 heterocycles. The Morgan fingerprint density at radius 3 is 2.31 bits per heavy atom. The predicted octanol–water partition coefficient (Wildman–Crippen LogP) is 3.16. The summed E-state index contributed by atoms with van der Waals surface area (Å²) in [7, 11) is 0. The molecule has 88 valence electrons. The molecule has 0 aromatic heterocycles. The molecule has 1 aliphatic rings. The third-order valence-corrected chi connectivity index (χ3v) is 3.30. The molecule has 1 unspecified atom stereocenters. The van der Waals surface area contributed by atoms with Crippen LogP contribution in [0, 0.1) is 5.41 Å². The number of ether oxygens (including phenoxy) is 1. The number of halogens is 1. The molecular formula is C13H18ClNO. The SMILES string of the molecule is CC1(C)CNC(C)(c2ccc(Cl)cc2)OC1. The molecule has 0 spiro atoms. The minimum atomic E-state index is -0.389. The van der Waals surface area contributed by atoms with Crippen LogP contribution in [0.4, 0.5) is 0 Å². The second-order valence-corrected chi connectivity index (χ2v) is 5.78. The molecule has 1 aliphatic heterocycles. The van der Waals surface area contributed by atoms with E-state index in [0.717, 1.165) is 23.7 Å². The van der Waals surface area contributed by atoms with Crippen molar-refractivity contribution in [2.24, 2.45) is 5.41 Å². The molecule has 1 aromatic carbocycles. The average Bonchev–Trinajstić information content (AvgIpc) is 2.24. The van der Waals surface area contributed by atoms with Gasteiger partial charge in [-0.25, -0.2) is 0 Å². The Balaban J connectivity index is 2.18. The van der Waals surface area contributed by atoms with E-state index in [2.05, 4.69) is 26.1 Å². The minimum absolute atomic E-state index is 0.200. The summed E-state index contributed by atoms with van der Waals surface area (Å²) in [6.45, 7) is 8.17. The van der Waals surface area contributed by atoms with Crippen LogP contribution < -0.4 is 5.32 Å². The summed E-state index contributed by atoms with van der Waals surface area (Å²) in [5, 5.41) is 4.21. The maximum absolute atomic E-state index is 5.95. The highest BCUT2D eigenvalue weighted by molar-refractivity contribution is 6.30. The van der Waals surface area contributed by atoms with Gasteiger partial charge in [-0.2, -0.15) is 0 Å². The average molecular weight is 240 g/mol. The van der Waals surface area contributed by atoms with Crippen molar-refractivity contribution in [3.05, 3.63) is 34.9 Å². The standard InChI is InChI=1S/C13H18ClNO/c1-12(2)8-15-13(3,16-9-12)10-4-6-11(14)7-5-10/h4-7,15H,8-9H2,1-3H3. The minimum Gasteiger partial charge on any atom is -0.356 e.